The maximum Gasteiger partial charge on any atom is 0.223 e. The van der Waals surface area contributed by atoms with Crippen LogP contribution in [0.2, 0.25) is 0 Å². The summed E-state index contributed by atoms with van der Waals surface area (Å²) in [7, 11) is 0. The van der Waals surface area contributed by atoms with Gasteiger partial charge in [-0.25, -0.2) is 0 Å². The van der Waals surface area contributed by atoms with Crippen molar-refractivity contribution in [2.24, 2.45) is 0 Å². The molecule has 2 aliphatic heterocycles. The summed E-state index contributed by atoms with van der Waals surface area (Å²) in [6.45, 7) is 5.17. The topological polar surface area (TPSA) is 64.7 Å². The average molecular weight is 373 g/mol. The van der Waals surface area contributed by atoms with Gasteiger partial charge >= 0.3 is 0 Å². The van der Waals surface area contributed by atoms with Gasteiger partial charge in [0.15, 0.2) is 0 Å². The van der Waals surface area contributed by atoms with Gasteiger partial charge < -0.3 is 20.4 Å². The summed E-state index contributed by atoms with van der Waals surface area (Å²) in [6, 6.07) is 10.5. The average Bonchev–Trinajstić information content (AvgIpc) is 2.69. The van der Waals surface area contributed by atoms with E-state index in [2.05, 4.69) is 27.7 Å². The Morgan fingerprint density at radius 3 is 2.52 bits per heavy atom. The molecule has 2 amide bonds. The molecule has 0 bridgehead atoms. The summed E-state index contributed by atoms with van der Waals surface area (Å²) < 4.78 is 0. The Kier molecular flexibility index (Phi) is 7.51. The van der Waals surface area contributed by atoms with Crippen LogP contribution in [0.25, 0.3) is 0 Å². The molecule has 148 valence electrons. The molecule has 0 aromatic heterocycles. The van der Waals surface area contributed by atoms with Crippen LogP contribution < -0.4 is 15.5 Å². The first-order valence-electron chi connectivity index (χ1n) is 10.3. The van der Waals surface area contributed by atoms with Gasteiger partial charge in [-0.1, -0.05) is 24.6 Å². The van der Waals surface area contributed by atoms with Crippen molar-refractivity contribution in [1.82, 2.24) is 15.5 Å². The van der Waals surface area contributed by atoms with Gasteiger partial charge in [0, 0.05) is 50.7 Å². The quantitative estimate of drug-likeness (QED) is 0.827. The SMILES string of the molecule is O=C(CCC(=O)N1CCN(c2ccccc2)CC1)NC1CCCCNCC1. The van der Waals surface area contributed by atoms with Crippen LogP contribution in [-0.4, -0.2) is 62.0 Å². The summed E-state index contributed by atoms with van der Waals surface area (Å²) in [5.74, 6) is 0.106. The zero-order valence-corrected chi connectivity index (χ0v) is 16.2. The van der Waals surface area contributed by atoms with E-state index in [9.17, 15) is 9.59 Å². The van der Waals surface area contributed by atoms with E-state index < -0.39 is 0 Å². The van der Waals surface area contributed by atoms with Crippen molar-refractivity contribution in [3.8, 4) is 0 Å². The molecule has 1 aromatic carbocycles. The Morgan fingerprint density at radius 1 is 0.963 bits per heavy atom. The van der Waals surface area contributed by atoms with Crippen molar-refractivity contribution in [2.75, 3.05) is 44.2 Å². The second-order valence-corrected chi connectivity index (χ2v) is 7.50. The fraction of sp³-hybridized carbons (Fsp3) is 0.619. The molecule has 2 fully saturated rings. The molecule has 6 heteroatoms. The molecule has 27 heavy (non-hydrogen) atoms. The summed E-state index contributed by atoms with van der Waals surface area (Å²) in [4.78, 5) is 28.9. The molecule has 0 saturated carbocycles. The number of benzene rings is 1. The van der Waals surface area contributed by atoms with Gasteiger partial charge in [0.25, 0.3) is 0 Å². The Hall–Kier alpha value is -2.08. The van der Waals surface area contributed by atoms with Crippen molar-refractivity contribution in [2.45, 2.75) is 44.6 Å². The summed E-state index contributed by atoms with van der Waals surface area (Å²) in [5, 5.41) is 6.50. The first-order chi connectivity index (χ1) is 13.2. The van der Waals surface area contributed by atoms with Crippen LogP contribution in [-0.2, 0) is 9.59 Å². The van der Waals surface area contributed by atoms with Crippen molar-refractivity contribution in [3.63, 3.8) is 0 Å². The molecule has 6 nitrogen and oxygen atoms in total. The van der Waals surface area contributed by atoms with Gasteiger partial charge in [0.2, 0.25) is 11.8 Å². The van der Waals surface area contributed by atoms with Crippen molar-refractivity contribution >= 4 is 17.5 Å². The third-order valence-electron chi connectivity index (χ3n) is 5.51. The number of hydrogen-bond donors (Lipinski definition) is 2. The number of nitrogens with one attached hydrogen (secondary N) is 2. The number of nitrogens with zero attached hydrogens (tertiary/aromatic N) is 2. The zero-order chi connectivity index (χ0) is 18.9. The molecule has 1 unspecified atom stereocenters. The summed E-state index contributed by atoms with van der Waals surface area (Å²) in [5.41, 5.74) is 1.21. The second-order valence-electron chi connectivity index (χ2n) is 7.50. The zero-order valence-electron chi connectivity index (χ0n) is 16.2. The maximum absolute atomic E-state index is 12.5. The molecule has 2 N–H and O–H groups in total. The van der Waals surface area contributed by atoms with Gasteiger partial charge in [-0.15, -0.1) is 0 Å². The summed E-state index contributed by atoms with van der Waals surface area (Å²) in [6.07, 6.45) is 4.93. The fourth-order valence-corrected chi connectivity index (χ4v) is 3.86. The molecule has 0 aliphatic carbocycles. The van der Waals surface area contributed by atoms with E-state index in [1.807, 2.05) is 23.1 Å². The van der Waals surface area contributed by atoms with E-state index >= 15 is 0 Å². The number of carbonyl (C=O) groups excluding carboxylic acids is 2. The lowest BCUT2D eigenvalue weighted by Gasteiger charge is -2.36. The number of anilines is 1. The minimum atomic E-state index is 0.0110. The van der Waals surface area contributed by atoms with Gasteiger partial charge in [-0.05, 0) is 44.5 Å². The first-order valence-corrected chi connectivity index (χ1v) is 10.3. The van der Waals surface area contributed by atoms with Crippen LogP contribution in [0.15, 0.2) is 30.3 Å². The Morgan fingerprint density at radius 2 is 1.74 bits per heavy atom. The lowest BCUT2D eigenvalue weighted by atomic mass is 10.0. The van der Waals surface area contributed by atoms with Crippen LogP contribution in [0.5, 0.6) is 0 Å². The van der Waals surface area contributed by atoms with Crippen molar-refractivity contribution < 1.29 is 9.59 Å². The molecule has 0 radical (unpaired) electrons. The van der Waals surface area contributed by atoms with Gasteiger partial charge in [-0.2, -0.15) is 0 Å². The minimum Gasteiger partial charge on any atom is -0.368 e. The Labute approximate surface area is 162 Å². The number of hydrogen-bond acceptors (Lipinski definition) is 4. The van der Waals surface area contributed by atoms with Gasteiger partial charge in [0.1, 0.15) is 0 Å². The fourth-order valence-electron chi connectivity index (χ4n) is 3.86. The highest BCUT2D eigenvalue weighted by Crippen LogP contribution is 2.16. The number of piperazine rings is 1. The first kappa shape index (κ1) is 19.7. The third-order valence-corrected chi connectivity index (χ3v) is 5.51. The minimum absolute atomic E-state index is 0.0110. The number of para-hydroxylation sites is 1. The largest absolute Gasteiger partial charge is 0.368 e. The van der Waals surface area contributed by atoms with Crippen LogP contribution in [0.1, 0.15) is 38.5 Å². The maximum atomic E-state index is 12.5. The van der Waals surface area contributed by atoms with Crippen LogP contribution in [0.3, 0.4) is 0 Å². The normalized spacial score (nSPS) is 21.3. The van der Waals surface area contributed by atoms with Crippen LogP contribution in [0, 0.1) is 0 Å². The molecule has 1 atom stereocenters. The standard InChI is InChI=1S/C21H32N4O2/c26-20(23-18-6-4-5-12-22-13-11-18)9-10-21(27)25-16-14-24(15-17-25)19-7-2-1-3-8-19/h1-3,7-8,18,22H,4-6,9-17H2,(H,23,26). The van der Waals surface area contributed by atoms with Crippen molar-refractivity contribution in [1.29, 1.82) is 0 Å². The number of amides is 2. The Bertz CT molecular complexity index is 591. The monoisotopic (exact) mass is 372 g/mol. The molecular weight excluding hydrogens is 340 g/mol. The predicted octanol–water partition coefficient (Wildman–Crippen LogP) is 1.76. The van der Waals surface area contributed by atoms with Gasteiger partial charge in [-0.3, -0.25) is 9.59 Å². The highest BCUT2D eigenvalue weighted by molar-refractivity contribution is 5.84. The van der Waals surface area contributed by atoms with E-state index in [-0.39, 0.29) is 17.9 Å². The molecular formula is C21H32N4O2. The predicted molar refractivity (Wildman–Crippen MR) is 108 cm³/mol. The molecule has 0 spiro atoms. The molecule has 3 rings (SSSR count). The molecule has 2 saturated heterocycles. The van der Waals surface area contributed by atoms with Crippen molar-refractivity contribution in [3.05, 3.63) is 30.3 Å². The summed E-state index contributed by atoms with van der Waals surface area (Å²) >= 11 is 0. The Balaban J connectivity index is 1.36. The van der Waals surface area contributed by atoms with E-state index in [1.54, 1.807) is 0 Å². The van der Waals surface area contributed by atoms with E-state index in [0.717, 1.165) is 58.5 Å². The lowest BCUT2D eigenvalue weighted by Crippen LogP contribution is -2.49. The number of carbonyl (C=O) groups is 2. The lowest BCUT2D eigenvalue weighted by molar-refractivity contribution is -0.134. The van der Waals surface area contributed by atoms with E-state index in [1.165, 1.54) is 12.1 Å². The third kappa shape index (κ3) is 6.24. The number of rotatable bonds is 5. The smallest absolute Gasteiger partial charge is 0.223 e. The molecule has 1 aromatic rings. The molecule has 2 aliphatic rings. The highest BCUT2D eigenvalue weighted by atomic mass is 16.2. The van der Waals surface area contributed by atoms with Crippen LogP contribution in [0.4, 0.5) is 5.69 Å². The van der Waals surface area contributed by atoms with Crippen LogP contribution >= 0.6 is 0 Å². The van der Waals surface area contributed by atoms with E-state index in [4.69, 9.17) is 0 Å². The highest BCUT2D eigenvalue weighted by Gasteiger charge is 2.22. The second kappa shape index (κ2) is 10.3. The van der Waals surface area contributed by atoms with Gasteiger partial charge in [0.05, 0.1) is 0 Å². The van der Waals surface area contributed by atoms with E-state index in [0.29, 0.717) is 12.8 Å². The molecule has 2 heterocycles.